The van der Waals surface area contributed by atoms with Crippen LogP contribution in [0.5, 0.6) is 5.75 Å². The van der Waals surface area contributed by atoms with Gasteiger partial charge in [-0.05, 0) is 23.6 Å². The van der Waals surface area contributed by atoms with Gasteiger partial charge in [0.2, 0.25) is 0 Å². The molecule has 0 radical (unpaired) electrons. The van der Waals surface area contributed by atoms with E-state index in [0.29, 0.717) is 12.3 Å². The van der Waals surface area contributed by atoms with Crippen LogP contribution < -0.4 is 10.1 Å². The molecule has 0 bridgehead atoms. The number of hydrogen-bond acceptors (Lipinski definition) is 2. The molecule has 3 nitrogen and oxygen atoms in total. The lowest BCUT2D eigenvalue weighted by atomic mass is 10.0. The highest BCUT2D eigenvalue weighted by Gasteiger charge is 2.14. The van der Waals surface area contributed by atoms with Gasteiger partial charge in [0.15, 0.2) is 0 Å². The first-order valence-electron chi connectivity index (χ1n) is 6.78. The monoisotopic (exact) mass is 287 g/mol. The summed E-state index contributed by atoms with van der Waals surface area (Å²) in [5.41, 5.74) is 1.16. The number of methoxy groups -OCH3 is 1. The van der Waals surface area contributed by atoms with Crippen LogP contribution in [-0.2, 0) is 0 Å². The van der Waals surface area contributed by atoms with Crippen LogP contribution in [0.1, 0.15) is 28.8 Å². The van der Waals surface area contributed by atoms with Gasteiger partial charge in [0.1, 0.15) is 11.6 Å². The Kier molecular flexibility index (Phi) is 4.93. The third-order valence-electron chi connectivity index (χ3n) is 3.36. The second-order valence-corrected chi connectivity index (χ2v) is 4.87. The first kappa shape index (κ1) is 15.0. The van der Waals surface area contributed by atoms with E-state index in [-0.39, 0.29) is 11.5 Å². The fourth-order valence-electron chi connectivity index (χ4n) is 2.05. The maximum atomic E-state index is 13.8. The lowest BCUT2D eigenvalue weighted by Crippen LogP contribution is -2.28. The zero-order valence-corrected chi connectivity index (χ0v) is 12.1. The number of amides is 1. The molecule has 0 aromatic heterocycles. The van der Waals surface area contributed by atoms with Crippen LogP contribution in [0.4, 0.5) is 4.39 Å². The Hall–Kier alpha value is -2.36. The van der Waals surface area contributed by atoms with Crippen LogP contribution in [0.15, 0.2) is 48.5 Å². The minimum atomic E-state index is -0.584. The Morgan fingerprint density at radius 3 is 2.57 bits per heavy atom. The summed E-state index contributed by atoms with van der Waals surface area (Å²) >= 11 is 0. The first-order valence-corrected chi connectivity index (χ1v) is 6.78. The number of carbonyl (C=O) groups excluding carboxylic acids is 1. The largest absolute Gasteiger partial charge is 0.497 e. The molecule has 0 saturated carbocycles. The second-order valence-electron chi connectivity index (χ2n) is 4.87. The normalized spacial score (nSPS) is 11.8. The molecule has 0 saturated heterocycles. The Balaban J connectivity index is 1.99. The second kappa shape index (κ2) is 6.88. The van der Waals surface area contributed by atoms with Gasteiger partial charge in [0, 0.05) is 12.6 Å². The summed E-state index contributed by atoms with van der Waals surface area (Å²) in [6, 6.07) is 14.1. The minimum absolute atomic E-state index is 0.0241. The summed E-state index contributed by atoms with van der Waals surface area (Å²) in [6.45, 7) is 2.47. The molecule has 0 unspecified atom stereocenters. The Bertz CT molecular complexity index is 613. The molecule has 0 fully saturated rings. The Morgan fingerprint density at radius 1 is 1.24 bits per heavy atom. The molecule has 4 heteroatoms. The van der Waals surface area contributed by atoms with Crippen LogP contribution >= 0.6 is 0 Å². The average Bonchev–Trinajstić information content (AvgIpc) is 2.52. The van der Waals surface area contributed by atoms with Crippen molar-refractivity contribution in [2.45, 2.75) is 12.8 Å². The topological polar surface area (TPSA) is 38.3 Å². The fraction of sp³-hybridized carbons (Fsp3) is 0.235. The van der Waals surface area contributed by atoms with Gasteiger partial charge in [0.05, 0.1) is 12.7 Å². The van der Waals surface area contributed by atoms with Crippen molar-refractivity contribution in [2.75, 3.05) is 13.7 Å². The van der Waals surface area contributed by atoms with Crippen LogP contribution in [0.25, 0.3) is 0 Å². The molecule has 0 aliphatic heterocycles. The molecular weight excluding hydrogens is 269 g/mol. The lowest BCUT2D eigenvalue weighted by Gasteiger charge is -2.13. The predicted molar refractivity (Wildman–Crippen MR) is 80.1 cm³/mol. The molecule has 0 heterocycles. The quantitative estimate of drug-likeness (QED) is 0.915. The van der Waals surface area contributed by atoms with Crippen molar-refractivity contribution < 1.29 is 13.9 Å². The summed E-state index contributed by atoms with van der Waals surface area (Å²) < 4.78 is 18.7. The maximum absolute atomic E-state index is 13.8. The van der Waals surface area contributed by atoms with E-state index in [1.165, 1.54) is 19.2 Å². The van der Waals surface area contributed by atoms with Gasteiger partial charge >= 0.3 is 0 Å². The molecule has 2 aromatic carbocycles. The van der Waals surface area contributed by atoms with Gasteiger partial charge in [-0.1, -0.05) is 37.3 Å². The highest BCUT2D eigenvalue weighted by Crippen LogP contribution is 2.17. The van der Waals surface area contributed by atoms with Crippen molar-refractivity contribution in [1.29, 1.82) is 0 Å². The molecule has 2 aromatic rings. The maximum Gasteiger partial charge on any atom is 0.254 e. The summed E-state index contributed by atoms with van der Waals surface area (Å²) in [5, 5.41) is 2.76. The van der Waals surface area contributed by atoms with Gasteiger partial charge in [0.25, 0.3) is 5.91 Å². The van der Waals surface area contributed by atoms with Crippen molar-refractivity contribution in [1.82, 2.24) is 5.32 Å². The molecule has 0 aliphatic carbocycles. The summed E-state index contributed by atoms with van der Waals surface area (Å²) in [5.74, 6) is -0.449. The Morgan fingerprint density at radius 2 is 1.95 bits per heavy atom. The van der Waals surface area contributed by atoms with E-state index in [9.17, 15) is 9.18 Å². The van der Waals surface area contributed by atoms with Gasteiger partial charge in [-0.2, -0.15) is 0 Å². The van der Waals surface area contributed by atoms with Crippen molar-refractivity contribution in [3.63, 3.8) is 0 Å². The zero-order valence-electron chi connectivity index (χ0n) is 12.1. The summed E-state index contributed by atoms with van der Waals surface area (Å²) in [6.07, 6.45) is 0. The minimum Gasteiger partial charge on any atom is -0.497 e. The molecule has 2 rings (SSSR count). The fourth-order valence-corrected chi connectivity index (χ4v) is 2.05. The molecule has 21 heavy (non-hydrogen) atoms. The van der Waals surface area contributed by atoms with Gasteiger partial charge in [-0.3, -0.25) is 4.79 Å². The molecule has 110 valence electrons. The van der Waals surface area contributed by atoms with Crippen LogP contribution in [0, 0.1) is 5.82 Å². The van der Waals surface area contributed by atoms with Gasteiger partial charge in [-0.15, -0.1) is 0 Å². The van der Waals surface area contributed by atoms with E-state index in [1.807, 2.05) is 37.3 Å². The molecule has 1 amide bonds. The van der Waals surface area contributed by atoms with Crippen molar-refractivity contribution in [2.24, 2.45) is 0 Å². The third kappa shape index (κ3) is 3.81. The number of rotatable bonds is 5. The lowest BCUT2D eigenvalue weighted by molar-refractivity contribution is 0.0947. The summed E-state index contributed by atoms with van der Waals surface area (Å²) in [4.78, 5) is 12.0. The van der Waals surface area contributed by atoms with E-state index in [2.05, 4.69) is 5.32 Å². The summed E-state index contributed by atoms with van der Waals surface area (Å²) in [7, 11) is 1.45. The highest BCUT2D eigenvalue weighted by molar-refractivity contribution is 5.94. The molecule has 0 spiro atoms. The first-order chi connectivity index (χ1) is 10.1. The smallest absolute Gasteiger partial charge is 0.254 e. The molecule has 0 aliphatic rings. The van der Waals surface area contributed by atoms with Crippen LogP contribution in [-0.4, -0.2) is 19.6 Å². The number of ether oxygens (including phenoxy) is 1. The number of hydrogen-bond donors (Lipinski definition) is 1. The molecule has 1 atom stereocenters. The van der Waals surface area contributed by atoms with Crippen LogP contribution in [0.2, 0.25) is 0 Å². The van der Waals surface area contributed by atoms with E-state index >= 15 is 0 Å². The predicted octanol–water partition coefficient (Wildman–Crippen LogP) is 3.37. The number of nitrogens with one attached hydrogen (secondary N) is 1. The van der Waals surface area contributed by atoms with E-state index in [0.717, 1.165) is 5.56 Å². The van der Waals surface area contributed by atoms with Gasteiger partial charge in [-0.25, -0.2) is 4.39 Å². The number of benzene rings is 2. The Labute approximate surface area is 123 Å². The number of halogens is 1. The highest BCUT2D eigenvalue weighted by atomic mass is 19.1. The van der Waals surface area contributed by atoms with Crippen molar-refractivity contribution >= 4 is 5.91 Å². The standard InChI is InChI=1S/C17H18FNO2/c1-12(13-6-4-3-5-7-13)11-19-17(20)15-9-8-14(21-2)10-16(15)18/h3-10,12H,11H2,1-2H3,(H,19,20)/t12-/m0/s1. The van der Waals surface area contributed by atoms with Crippen molar-refractivity contribution in [3.05, 3.63) is 65.5 Å². The van der Waals surface area contributed by atoms with E-state index in [4.69, 9.17) is 4.74 Å². The van der Waals surface area contributed by atoms with Crippen molar-refractivity contribution in [3.8, 4) is 5.75 Å². The number of carbonyl (C=O) groups is 1. The molecule has 1 N–H and O–H groups in total. The van der Waals surface area contributed by atoms with E-state index in [1.54, 1.807) is 6.07 Å². The third-order valence-corrected chi connectivity index (χ3v) is 3.36. The SMILES string of the molecule is COc1ccc(C(=O)NC[C@H](C)c2ccccc2)c(F)c1. The van der Waals surface area contributed by atoms with Crippen LogP contribution in [0.3, 0.4) is 0 Å². The molecular formula is C17H18FNO2. The average molecular weight is 287 g/mol. The van der Waals surface area contributed by atoms with E-state index < -0.39 is 11.7 Å². The zero-order chi connectivity index (χ0) is 15.2. The van der Waals surface area contributed by atoms with Gasteiger partial charge < -0.3 is 10.1 Å².